The molecular weight excluding hydrogens is 240 g/mol. The van der Waals surface area contributed by atoms with Crippen LogP contribution in [0.15, 0.2) is 18.3 Å². The second-order valence-electron chi connectivity index (χ2n) is 4.70. The number of nitrogens with two attached hydrogens (primary N) is 1. The van der Waals surface area contributed by atoms with Crippen LogP contribution in [0.1, 0.15) is 38.7 Å². The highest BCUT2D eigenvalue weighted by Crippen LogP contribution is 2.27. The van der Waals surface area contributed by atoms with Crippen molar-refractivity contribution in [3.8, 4) is 0 Å². The number of hydrogen-bond acceptors (Lipinski definition) is 3. The number of aromatic nitrogens is 1. The summed E-state index contributed by atoms with van der Waals surface area (Å²) in [5.41, 5.74) is 5.48. The van der Waals surface area contributed by atoms with Crippen LogP contribution in [-0.4, -0.2) is 16.7 Å². The Labute approximate surface area is 106 Å². The molecule has 0 saturated heterocycles. The summed E-state index contributed by atoms with van der Waals surface area (Å²) in [5, 5.41) is 0.466. The van der Waals surface area contributed by atoms with E-state index in [9.17, 15) is 4.79 Å². The molecule has 0 aliphatic heterocycles. The summed E-state index contributed by atoms with van der Waals surface area (Å²) < 4.78 is 5.05. The van der Waals surface area contributed by atoms with Crippen LogP contribution in [-0.2, 0) is 4.74 Å². The van der Waals surface area contributed by atoms with Gasteiger partial charge in [-0.1, -0.05) is 24.6 Å². The largest absolute Gasteiger partial charge is 0.444 e. The number of ether oxygens (including phenoxy) is 1. The van der Waals surface area contributed by atoms with Gasteiger partial charge in [-0.25, -0.2) is 9.78 Å². The average molecular weight is 257 g/mol. The van der Waals surface area contributed by atoms with Gasteiger partial charge in [0.1, 0.15) is 10.8 Å². The molecule has 1 amide bonds. The van der Waals surface area contributed by atoms with Crippen LogP contribution in [0.25, 0.3) is 0 Å². The molecule has 1 heterocycles. The lowest BCUT2D eigenvalue weighted by Crippen LogP contribution is -2.32. The first-order valence-corrected chi connectivity index (χ1v) is 5.78. The molecule has 5 heteroatoms. The predicted molar refractivity (Wildman–Crippen MR) is 67.0 cm³/mol. The lowest BCUT2D eigenvalue weighted by Gasteiger charge is -2.27. The first kappa shape index (κ1) is 13.8. The fourth-order valence-electron chi connectivity index (χ4n) is 1.85. The van der Waals surface area contributed by atoms with E-state index in [1.54, 1.807) is 12.3 Å². The van der Waals surface area contributed by atoms with E-state index in [0.29, 0.717) is 11.6 Å². The second kappa shape index (κ2) is 5.36. The molecule has 0 aliphatic rings. The zero-order valence-corrected chi connectivity index (χ0v) is 11.0. The first-order valence-electron chi connectivity index (χ1n) is 5.40. The topological polar surface area (TPSA) is 65.2 Å². The molecule has 0 spiro atoms. The van der Waals surface area contributed by atoms with Crippen molar-refractivity contribution in [2.45, 2.75) is 38.7 Å². The van der Waals surface area contributed by atoms with Crippen molar-refractivity contribution >= 4 is 17.7 Å². The molecule has 0 bridgehead atoms. The van der Waals surface area contributed by atoms with E-state index in [0.717, 1.165) is 5.56 Å². The fourth-order valence-corrected chi connectivity index (χ4v) is 1.96. The number of halogens is 1. The van der Waals surface area contributed by atoms with E-state index in [1.165, 1.54) is 0 Å². The van der Waals surface area contributed by atoms with Gasteiger partial charge in [0.15, 0.2) is 0 Å². The highest BCUT2D eigenvalue weighted by Gasteiger charge is 2.25. The number of hydrogen-bond donors (Lipinski definition) is 1. The van der Waals surface area contributed by atoms with Crippen molar-refractivity contribution < 1.29 is 9.53 Å². The molecule has 0 aliphatic carbocycles. The molecule has 94 valence electrons. The zero-order valence-electron chi connectivity index (χ0n) is 10.2. The average Bonchev–Trinajstić information content (AvgIpc) is 2.15. The van der Waals surface area contributed by atoms with Crippen molar-refractivity contribution in [2.24, 2.45) is 5.73 Å². The molecule has 1 aromatic rings. The highest BCUT2D eigenvalue weighted by molar-refractivity contribution is 6.29. The van der Waals surface area contributed by atoms with Gasteiger partial charge in [0.05, 0.1) is 0 Å². The van der Waals surface area contributed by atoms with Gasteiger partial charge in [-0.2, -0.15) is 0 Å². The number of primary amides is 1. The van der Waals surface area contributed by atoms with Crippen molar-refractivity contribution in [1.82, 2.24) is 4.98 Å². The number of nitrogens with zero attached hydrogens (tertiary/aromatic N) is 1. The van der Waals surface area contributed by atoms with Gasteiger partial charge < -0.3 is 10.5 Å². The molecular formula is C12H17ClN2O2. The maximum atomic E-state index is 10.7. The van der Waals surface area contributed by atoms with Crippen molar-refractivity contribution in [3.05, 3.63) is 29.0 Å². The minimum absolute atomic E-state index is 0.203. The molecule has 0 aromatic carbocycles. The standard InChI is InChI=1S/C12H17ClN2O2/c1-8(6-12(2,3)17-11(14)16)9-4-5-10(13)15-7-9/h4-5,7-8H,6H2,1-3H3,(H2,14,16). The summed E-state index contributed by atoms with van der Waals surface area (Å²) in [6, 6.07) is 3.66. The molecule has 0 radical (unpaired) electrons. The Hall–Kier alpha value is -1.29. The maximum Gasteiger partial charge on any atom is 0.405 e. The van der Waals surface area contributed by atoms with E-state index in [2.05, 4.69) is 4.98 Å². The first-order chi connectivity index (χ1) is 7.80. The summed E-state index contributed by atoms with van der Waals surface area (Å²) in [4.78, 5) is 14.8. The van der Waals surface area contributed by atoms with Gasteiger partial charge in [-0.05, 0) is 37.8 Å². The second-order valence-corrected chi connectivity index (χ2v) is 5.09. The summed E-state index contributed by atoms with van der Waals surface area (Å²) in [6.45, 7) is 5.70. The van der Waals surface area contributed by atoms with Gasteiger partial charge in [-0.15, -0.1) is 0 Å². The van der Waals surface area contributed by atoms with Crippen molar-refractivity contribution in [1.29, 1.82) is 0 Å². The summed E-state index contributed by atoms with van der Waals surface area (Å²) in [6.07, 6.45) is 1.64. The fraction of sp³-hybridized carbons (Fsp3) is 0.500. The maximum absolute atomic E-state index is 10.7. The monoisotopic (exact) mass is 256 g/mol. The van der Waals surface area contributed by atoms with Gasteiger partial charge in [0, 0.05) is 6.20 Å². The Balaban J connectivity index is 2.68. The quantitative estimate of drug-likeness (QED) is 0.842. The van der Waals surface area contributed by atoms with Crippen LogP contribution in [0.5, 0.6) is 0 Å². The highest BCUT2D eigenvalue weighted by atomic mass is 35.5. The molecule has 17 heavy (non-hydrogen) atoms. The minimum Gasteiger partial charge on any atom is -0.444 e. The Morgan fingerprint density at radius 3 is 2.71 bits per heavy atom. The van der Waals surface area contributed by atoms with Crippen LogP contribution < -0.4 is 5.73 Å². The molecule has 2 N–H and O–H groups in total. The van der Waals surface area contributed by atoms with Gasteiger partial charge in [-0.3, -0.25) is 0 Å². The van der Waals surface area contributed by atoms with Crippen molar-refractivity contribution in [3.63, 3.8) is 0 Å². The van der Waals surface area contributed by atoms with E-state index >= 15 is 0 Å². The van der Waals surface area contributed by atoms with Crippen LogP contribution in [0, 0.1) is 0 Å². The van der Waals surface area contributed by atoms with E-state index in [4.69, 9.17) is 22.1 Å². The molecule has 1 atom stereocenters. The molecule has 0 saturated carbocycles. The molecule has 1 aromatic heterocycles. The number of amides is 1. The van der Waals surface area contributed by atoms with Gasteiger partial charge in [0.25, 0.3) is 0 Å². The summed E-state index contributed by atoms with van der Waals surface area (Å²) >= 11 is 5.72. The third-order valence-electron chi connectivity index (χ3n) is 2.49. The van der Waals surface area contributed by atoms with Crippen LogP contribution in [0.2, 0.25) is 5.15 Å². The summed E-state index contributed by atoms with van der Waals surface area (Å²) in [7, 11) is 0. The Kier molecular flexibility index (Phi) is 4.34. The molecule has 4 nitrogen and oxygen atoms in total. The number of carbonyl (C=O) groups excluding carboxylic acids is 1. The zero-order chi connectivity index (χ0) is 13.1. The number of carbonyl (C=O) groups is 1. The van der Waals surface area contributed by atoms with E-state index in [1.807, 2.05) is 26.8 Å². The third kappa shape index (κ3) is 4.61. The van der Waals surface area contributed by atoms with Gasteiger partial charge >= 0.3 is 6.09 Å². The smallest absolute Gasteiger partial charge is 0.405 e. The SMILES string of the molecule is CC(CC(C)(C)OC(N)=O)c1ccc(Cl)nc1. The van der Waals surface area contributed by atoms with Crippen molar-refractivity contribution in [2.75, 3.05) is 0 Å². The Bertz CT molecular complexity index is 390. The van der Waals surface area contributed by atoms with Gasteiger partial charge in [0.2, 0.25) is 0 Å². The lowest BCUT2D eigenvalue weighted by molar-refractivity contribution is 0.0349. The lowest BCUT2D eigenvalue weighted by atomic mass is 9.90. The Morgan fingerprint density at radius 2 is 2.24 bits per heavy atom. The van der Waals surface area contributed by atoms with Crippen LogP contribution in [0.4, 0.5) is 4.79 Å². The molecule has 0 fully saturated rings. The third-order valence-corrected chi connectivity index (χ3v) is 2.72. The number of rotatable bonds is 4. The number of pyridine rings is 1. The predicted octanol–water partition coefficient (Wildman–Crippen LogP) is 3.10. The van der Waals surface area contributed by atoms with E-state index in [-0.39, 0.29) is 5.92 Å². The minimum atomic E-state index is -0.753. The normalized spacial score (nSPS) is 13.2. The van der Waals surface area contributed by atoms with E-state index < -0.39 is 11.7 Å². The molecule has 1 rings (SSSR count). The van der Waals surface area contributed by atoms with Crippen LogP contribution in [0.3, 0.4) is 0 Å². The van der Waals surface area contributed by atoms with Crippen LogP contribution >= 0.6 is 11.6 Å². The summed E-state index contributed by atoms with van der Waals surface area (Å²) in [5.74, 6) is 0.203. The Morgan fingerprint density at radius 1 is 1.59 bits per heavy atom. The molecule has 1 unspecified atom stereocenters.